The van der Waals surface area contributed by atoms with Crippen molar-refractivity contribution in [2.24, 2.45) is 0 Å². The number of piperazine rings is 1. The number of nitrogens with zero attached hydrogens (tertiary/aromatic N) is 1. The molecule has 2 rings (SSSR count). The molecule has 102 valence electrons. The van der Waals surface area contributed by atoms with Crippen molar-refractivity contribution in [2.45, 2.75) is 51.2 Å². The van der Waals surface area contributed by atoms with E-state index in [9.17, 15) is 9.59 Å². The molecule has 0 radical (unpaired) electrons. The fraction of sp³-hybridized carbons (Fsp3) is 0.846. The minimum atomic E-state index is -0.765. The van der Waals surface area contributed by atoms with Gasteiger partial charge in [-0.25, -0.2) is 0 Å². The molecular weight excluding hydrogens is 232 g/mol. The second-order valence-electron chi connectivity index (χ2n) is 5.68. The van der Waals surface area contributed by atoms with Crippen molar-refractivity contribution in [2.75, 3.05) is 19.7 Å². The van der Waals surface area contributed by atoms with Crippen molar-refractivity contribution in [3.8, 4) is 0 Å². The van der Waals surface area contributed by atoms with Crippen LogP contribution in [-0.4, -0.2) is 48.1 Å². The molecule has 0 aliphatic carbocycles. The fourth-order valence-corrected chi connectivity index (χ4v) is 2.64. The highest BCUT2D eigenvalue weighted by Gasteiger charge is 2.38. The van der Waals surface area contributed by atoms with Crippen LogP contribution in [0.5, 0.6) is 0 Å². The normalized spacial score (nSPS) is 27.4. The molecule has 5 heteroatoms. The van der Waals surface area contributed by atoms with Gasteiger partial charge in [0.25, 0.3) is 0 Å². The summed E-state index contributed by atoms with van der Waals surface area (Å²) in [6, 6.07) is 0. The highest BCUT2D eigenvalue weighted by Crippen LogP contribution is 2.18. The lowest BCUT2D eigenvalue weighted by Crippen LogP contribution is -2.63. The highest BCUT2D eigenvalue weighted by atomic mass is 16.5. The van der Waals surface area contributed by atoms with Crippen LogP contribution in [0.25, 0.3) is 0 Å². The van der Waals surface area contributed by atoms with E-state index in [1.54, 1.807) is 18.7 Å². The molecule has 0 bridgehead atoms. The molecule has 2 aliphatic heterocycles. The topological polar surface area (TPSA) is 58.6 Å². The van der Waals surface area contributed by atoms with Gasteiger partial charge in [-0.15, -0.1) is 0 Å². The van der Waals surface area contributed by atoms with Gasteiger partial charge in [-0.05, 0) is 39.5 Å². The van der Waals surface area contributed by atoms with Crippen molar-refractivity contribution < 1.29 is 14.3 Å². The first-order valence-corrected chi connectivity index (χ1v) is 6.71. The fourth-order valence-electron chi connectivity index (χ4n) is 2.64. The van der Waals surface area contributed by atoms with E-state index < -0.39 is 5.54 Å². The van der Waals surface area contributed by atoms with E-state index in [0.29, 0.717) is 12.6 Å². The minimum absolute atomic E-state index is 0.00874. The zero-order valence-electron chi connectivity index (χ0n) is 11.2. The van der Waals surface area contributed by atoms with Crippen molar-refractivity contribution in [1.82, 2.24) is 10.2 Å². The van der Waals surface area contributed by atoms with Gasteiger partial charge >= 0.3 is 0 Å². The van der Waals surface area contributed by atoms with Crippen LogP contribution >= 0.6 is 0 Å². The molecule has 0 aromatic carbocycles. The number of amides is 2. The summed E-state index contributed by atoms with van der Waals surface area (Å²) in [5.41, 5.74) is -0.765. The zero-order chi connectivity index (χ0) is 13.2. The van der Waals surface area contributed by atoms with Gasteiger partial charge in [-0.1, -0.05) is 0 Å². The SMILES string of the molecule is CC1(C)NC(=O)CN(CCCC2CCCO2)C1=O. The Morgan fingerprint density at radius 1 is 1.44 bits per heavy atom. The smallest absolute Gasteiger partial charge is 0.248 e. The first-order valence-electron chi connectivity index (χ1n) is 6.71. The number of hydrogen-bond acceptors (Lipinski definition) is 3. The van der Waals surface area contributed by atoms with E-state index in [2.05, 4.69) is 5.32 Å². The van der Waals surface area contributed by atoms with Gasteiger partial charge in [-0.3, -0.25) is 9.59 Å². The largest absolute Gasteiger partial charge is 0.378 e. The van der Waals surface area contributed by atoms with Gasteiger partial charge in [0.15, 0.2) is 0 Å². The maximum absolute atomic E-state index is 12.1. The molecule has 1 unspecified atom stereocenters. The van der Waals surface area contributed by atoms with E-state index >= 15 is 0 Å². The predicted octanol–water partition coefficient (Wildman–Crippen LogP) is 0.683. The Morgan fingerprint density at radius 3 is 2.89 bits per heavy atom. The summed E-state index contributed by atoms with van der Waals surface area (Å²) in [7, 11) is 0. The molecule has 2 aliphatic rings. The third kappa shape index (κ3) is 3.02. The third-order valence-electron chi connectivity index (χ3n) is 3.59. The van der Waals surface area contributed by atoms with Crippen LogP contribution in [0.15, 0.2) is 0 Å². The lowest BCUT2D eigenvalue weighted by molar-refractivity contribution is -0.148. The van der Waals surface area contributed by atoms with Crippen LogP contribution in [0, 0.1) is 0 Å². The summed E-state index contributed by atoms with van der Waals surface area (Å²) in [5, 5.41) is 2.71. The number of ether oxygens (including phenoxy) is 1. The van der Waals surface area contributed by atoms with Gasteiger partial charge in [-0.2, -0.15) is 0 Å². The molecule has 18 heavy (non-hydrogen) atoms. The molecule has 0 aromatic rings. The second kappa shape index (κ2) is 5.26. The van der Waals surface area contributed by atoms with Gasteiger partial charge in [0.1, 0.15) is 5.54 Å². The first-order chi connectivity index (χ1) is 8.49. The molecule has 2 amide bonds. The lowest BCUT2D eigenvalue weighted by Gasteiger charge is -2.37. The standard InChI is InChI=1S/C13H22N2O3/c1-13(2)12(17)15(9-11(16)14-13)7-3-5-10-6-4-8-18-10/h10H,3-9H2,1-2H3,(H,14,16). The minimum Gasteiger partial charge on any atom is -0.378 e. The molecule has 0 spiro atoms. The average Bonchev–Trinajstić information content (AvgIpc) is 2.77. The maximum Gasteiger partial charge on any atom is 0.248 e. The van der Waals surface area contributed by atoms with Crippen LogP contribution in [0.2, 0.25) is 0 Å². The number of carbonyl (C=O) groups excluding carboxylic acids is 2. The Bertz CT molecular complexity index is 335. The Kier molecular flexibility index (Phi) is 3.90. The zero-order valence-corrected chi connectivity index (χ0v) is 11.2. The summed E-state index contributed by atoms with van der Waals surface area (Å²) >= 11 is 0. The van der Waals surface area contributed by atoms with Crippen LogP contribution in [0.1, 0.15) is 39.5 Å². The molecule has 5 nitrogen and oxygen atoms in total. The monoisotopic (exact) mass is 254 g/mol. The van der Waals surface area contributed by atoms with Crippen LogP contribution < -0.4 is 5.32 Å². The number of nitrogens with one attached hydrogen (secondary N) is 1. The van der Waals surface area contributed by atoms with Crippen LogP contribution in [0.4, 0.5) is 0 Å². The summed E-state index contributed by atoms with van der Waals surface area (Å²) < 4.78 is 5.55. The summed E-state index contributed by atoms with van der Waals surface area (Å²) in [6.07, 6.45) is 4.50. The van der Waals surface area contributed by atoms with E-state index in [1.807, 2.05) is 0 Å². The maximum atomic E-state index is 12.1. The van der Waals surface area contributed by atoms with Crippen molar-refractivity contribution in [3.63, 3.8) is 0 Å². The Hall–Kier alpha value is -1.10. The highest BCUT2D eigenvalue weighted by molar-refractivity contribution is 5.97. The van der Waals surface area contributed by atoms with E-state index in [0.717, 1.165) is 32.3 Å². The van der Waals surface area contributed by atoms with Crippen LogP contribution in [0.3, 0.4) is 0 Å². The van der Waals surface area contributed by atoms with Crippen molar-refractivity contribution >= 4 is 11.8 Å². The van der Waals surface area contributed by atoms with E-state index in [-0.39, 0.29) is 18.4 Å². The predicted molar refractivity (Wildman–Crippen MR) is 67.0 cm³/mol. The Labute approximate surface area is 108 Å². The van der Waals surface area contributed by atoms with Gasteiger partial charge in [0, 0.05) is 13.2 Å². The average molecular weight is 254 g/mol. The number of carbonyl (C=O) groups is 2. The molecule has 2 saturated heterocycles. The quantitative estimate of drug-likeness (QED) is 0.802. The van der Waals surface area contributed by atoms with Crippen LogP contribution in [-0.2, 0) is 14.3 Å². The summed E-state index contributed by atoms with van der Waals surface area (Å²) in [6.45, 7) is 5.20. The Morgan fingerprint density at radius 2 is 2.22 bits per heavy atom. The molecule has 0 aromatic heterocycles. The summed E-state index contributed by atoms with van der Waals surface area (Å²) in [4.78, 5) is 25.3. The lowest BCUT2D eigenvalue weighted by atomic mass is 10.00. The van der Waals surface area contributed by atoms with Crippen molar-refractivity contribution in [3.05, 3.63) is 0 Å². The van der Waals surface area contributed by atoms with E-state index in [4.69, 9.17) is 4.74 Å². The molecular formula is C13H22N2O3. The van der Waals surface area contributed by atoms with Gasteiger partial charge < -0.3 is 15.0 Å². The van der Waals surface area contributed by atoms with Gasteiger partial charge in [0.2, 0.25) is 11.8 Å². The van der Waals surface area contributed by atoms with Crippen molar-refractivity contribution in [1.29, 1.82) is 0 Å². The first kappa shape index (κ1) is 13.3. The molecule has 0 saturated carbocycles. The molecule has 1 N–H and O–H groups in total. The molecule has 2 fully saturated rings. The third-order valence-corrected chi connectivity index (χ3v) is 3.59. The van der Waals surface area contributed by atoms with E-state index in [1.165, 1.54) is 0 Å². The van der Waals surface area contributed by atoms with Gasteiger partial charge in [0.05, 0.1) is 12.6 Å². The summed E-state index contributed by atoms with van der Waals surface area (Å²) in [5.74, 6) is -0.0637. The molecule has 2 heterocycles. The Balaban J connectivity index is 1.80. The number of rotatable bonds is 4. The second-order valence-corrected chi connectivity index (χ2v) is 5.68. The number of hydrogen-bond donors (Lipinski definition) is 1. The molecule has 1 atom stereocenters.